The molecule has 0 saturated heterocycles. The average Bonchev–Trinajstić information content (AvgIpc) is 2.59. The third kappa shape index (κ3) is 2.97. The Bertz CT molecular complexity index is 287. The lowest BCUT2D eigenvalue weighted by molar-refractivity contribution is -0.151. The van der Waals surface area contributed by atoms with Crippen LogP contribution in [0.15, 0.2) is 10.5 Å². The topological polar surface area (TPSA) is 40.8 Å². The second kappa shape index (κ2) is 5.78. The first-order chi connectivity index (χ1) is 7.22. The van der Waals surface area contributed by atoms with Gasteiger partial charge >= 0.3 is 0 Å². The van der Waals surface area contributed by atoms with Crippen LogP contribution in [0, 0.1) is 6.92 Å². The zero-order valence-corrected chi connectivity index (χ0v) is 9.70. The third-order valence-corrected chi connectivity index (χ3v) is 1.98. The minimum absolute atomic E-state index is 0.441. The van der Waals surface area contributed by atoms with Gasteiger partial charge in [0.05, 0.1) is 7.11 Å². The lowest BCUT2D eigenvalue weighted by Gasteiger charge is -2.14. The first-order valence-electron chi connectivity index (χ1n) is 5.10. The summed E-state index contributed by atoms with van der Waals surface area (Å²) in [5.41, 5.74) is 0.971. The number of methoxy groups -OCH3 is 1. The van der Waals surface area contributed by atoms with Crippen molar-refractivity contribution in [2.24, 2.45) is 0 Å². The van der Waals surface area contributed by atoms with Crippen LogP contribution in [-0.4, -0.2) is 20.3 Å². The van der Waals surface area contributed by atoms with Crippen LogP contribution in [-0.2, 0) is 9.47 Å². The molecule has 0 fully saturated rings. The number of hydrogen-bond donors (Lipinski definition) is 0. The van der Waals surface area contributed by atoms with Crippen molar-refractivity contribution in [3.8, 4) is 5.95 Å². The van der Waals surface area contributed by atoms with Crippen molar-refractivity contribution in [1.82, 2.24) is 0 Å². The number of rotatable bonds is 6. The van der Waals surface area contributed by atoms with Crippen molar-refractivity contribution in [2.75, 3.05) is 20.3 Å². The number of aryl methyl sites for hydroxylation is 1. The zero-order chi connectivity index (χ0) is 11.3. The van der Waals surface area contributed by atoms with E-state index in [9.17, 15) is 0 Å². The standard InChI is InChI=1S/C11H18O4/c1-5-13-11(14-6-2)10-8(3)7-9(12-4)15-10/h7,11H,5-6H2,1-4H3. The van der Waals surface area contributed by atoms with Crippen molar-refractivity contribution in [1.29, 1.82) is 0 Å². The molecule has 0 unspecified atom stereocenters. The molecule has 0 aliphatic heterocycles. The summed E-state index contributed by atoms with van der Waals surface area (Å²) in [7, 11) is 1.57. The van der Waals surface area contributed by atoms with Crippen LogP contribution in [0.2, 0.25) is 0 Å². The third-order valence-electron chi connectivity index (χ3n) is 1.98. The normalized spacial score (nSPS) is 11.0. The van der Waals surface area contributed by atoms with E-state index in [1.165, 1.54) is 0 Å². The van der Waals surface area contributed by atoms with Crippen molar-refractivity contribution in [3.05, 3.63) is 17.4 Å². The van der Waals surface area contributed by atoms with Crippen molar-refractivity contribution in [3.63, 3.8) is 0 Å². The summed E-state index contributed by atoms with van der Waals surface area (Å²) in [6.45, 7) is 6.93. The molecule has 0 aromatic carbocycles. The molecule has 1 aromatic rings. The Morgan fingerprint density at radius 3 is 2.27 bits per heavy atom. The molecule has 1 heterocycles. The summed E-state index contributed by atoms with van der Waals surface area (Å²) in [5.74, 6) is 1.16. The Morgan fingerprint density at radius 1 is 1.27 bits per heavy atom. The molecule has 15 heavy (non-hydrogen) atoms. The van der Waals surface area contributed by atoms with Crippen molar-refractivity contribution < 1.29 is 18.6 Å². The molecule has 1 aromatic heterocycles. The molecule has 0 aliphatic rings. The summed E-state index contributed by atoms with van der Waals surface area (Å²) in [5, 5.41) is 0. The molecule has 0 saturated carbocycles. The Hall–Kier alpha value is -1.00. The van der Waals surface area contributed by atoms with Gasteiger partial charge < -0.3 is 18.6 Å². The molecule has 0 N–H and O–H groups in total. The first kappa shape index (κ1) is 12.1. The van der Waals surface area contributed by atoms with Gasteiger partial charge in [-0.15, -0.1) is 0 Å². The fourth-order valence-corrected chi connectivity index (χ4v) is 1.30. The van der Waals surface area contributed by atoms with Crippen molar-refractivity contribution in [2.45, 2.75) is 27.1 Å². The van der Waals surface area contributed by atoms with Gasteiger partial charge in [0.15, 0.2) is 5.76 Å². The van der Waals surface area contributed by atoms with Gasteiger partial charge in [0.25, 0.3) is 5.95 Å². The van der Waals surface area contributed by atoms with Gasteiger partial charge in [-0.1, -0.05) is 0 Å². The van der Waals surface area contributed by atoms with Gasteiger partial charge in [-0.05, 0) is 26.3 Å². The SMILES string of the molecule is CCOC(OCC)c1oc(OC)cc1C. The average molecular weight is 214 g/mol. The second-order valence-corrected chi connectivity index (χ2v) is 3.06. The van der Waals surface area contributed by atoms with E-state index < -0.39 is 6.29 Å². The highest BCUT2D eigenvalue weighted by atomic mass is 16.7. The molecule has 0 spiro atoms. The lowest BCUT2D eigenvalue weighted by atomic mass is 10.3. The highest BCUT2D eigenvalue weighted by Gasteiger charge is 2.19. The number of hydrogen-bond acceptors (Lipinski definition) is 4. The van der Waals surface area contributed by atoms with E-state index in [1.54, 1.807) is 7.11 Å². The Kier molecular flexibility index (Phi) is 4.65. The highest BCUT2D eigenvalue weighted by Crippen LogP contribution is 2.29. The van der Waals surface area contributed by atoms with E-state index in [4.69, 9.17) is 18.6 Å². The molecular formula is C11H18O4. The molecule has 0 radical (unpaired) electrons. The molecule has 86 valence electrons. The molecule has 4 heteroatoms. The predicted octanol–water partition coefficient (Wildman–Crippen LogP) is 2.67. The van der Waals surface area contributed by atoms with Crippen LogP contribution in [0.25, 0.3) is 0 Å². The van der Waals surface area contributed by atoms with E-state index in [0.29, 0.717) is 24.9 Å². The maximum atomic E-state index is 5.46. The van der Waals surface area contributed by atoms with Gasteiger partial charge in [-0.3, -0.25) is 0 Å². The predicted molar refractivity (Wildman–Crippen MR) is 56.0 cm³/mol. The summed E-state index contributed by atoms with van der Waals surface area (Å²) < 4.78 is 21.3. The van der Waals surface area contributed by atoms with Gasteiger partial charge in [0.1, 0.15) is 0 Å². The van der Waals surface area contributed by atoms with Crippen LogP contribution >= 0.6 is 0 Å². The number of furan rings is 1. The van der Waals surface area contributed by atoms with E-state index >= 15 is 0 Å². The first-order valence-corrected chi connectivity index (χ1v) is 5.10. The smallest absolute Gasteiger partial charge is 0.284 e. The molecular weight excluding hydrogens is 196 g/mol. The lowest BCUT2D eigenvalue weighted by Crippen LogP contribution is -2.08. The van der Waals surface area contributed by atoms with E-state index in [0.717, 1.165) is 5.56 Å². The van der Waals surface area contributed by atoms with Gasteiger partial charge in [-0.2, -0.15) is 0 Å². The number of ether oxygens (including phenoxy) is 3. The fraction of sp³-hybridized carbons (Fsp3) is 0.636. The van der Waals surface area contributed by atoms with E-state index in [-0.39, 0.29) is 0 Å². The Morgan fingerprint density at radius 2 is 1.87 bits per heavy atom. The molecule has 0 amide bonds. The summed E-state index contributed by atoms with van der Waals surface area (Å²) in [6.07, 6.45) is -0.441. The zero-order valence-electron chi connectivity index (χ0n) is 9.70. The van der Waals surface area contributed by atoms with Crippen molar-refractivity contribution >= 4 is 0 Å². The van der Waals surface area contributed by atoms with Gasteiger partial charge in [-0.25, -0.2) is 0 Å². The Labute approximate surface area is 90.1 Å². The molecule has 0 aliphatic carbocycles. The molecule has 0 atom stereocenters. The minimum Gasteiger partial charge on any atom is -0.468 e. The summed E-state index contributed by atoms with van der Waals surface area (Å²) in [6, 6.07) is 1.82. The molecule has 0 bridgehead atoms. The van der Waals surface area contributed by atoms with E-state index in [1.807, 2.05) is 26.8 Å². The van der Waals surface area contributed by atoms with Crippen LogP contribution in [0.3, 0.4) is 0 Å². The van der Waals surface area contributed by atoms with Gasteiger partial charge in [0, 0.05) is 19.3 Å². The molecule has 1 rings (SSSR count). The summed E-state index contributed by atoms with van der Waals surface area (Å²) in [4.78, 5) is 0. The quantitative estimate of drug-likeness (QED) is 0.683. The fourth-order valence-electron chi connectivity index (χ4n) is 1.30. The maximum absolute atomic E-state index is 5.46. The summed E-state index contributed by atoms with van der Waals surface area (Å²) >= 11 is 0. The minimum atomic E-state index is -0.441. The highest BCUT2D eigenvalue weighted by molar-refractivity contribution is 5.24. The van der Waals surface area contributed by atoms with Crippen LogP contribution in [0.1, 0.15) is 31.5 Å². The van der Waals surface area contributed by atoms with Gasteiger partial charge in [0.2, 0.25) is 6.29 Å². The second-order valence-electron chi connectivity index (χ2n) is 3.06. The van der Waals surface area contributed by atoms with Crippen LogP contribution < -0.4 is 4.74 Å². The monoisotopic (exact) mass is 214 g/mol. The maximum Gasteiger partial charge on any atom is 0.284 e. The van der Waals surface area contributed by atoms with Crippen LogP contribution in [0.5, 0.6) is 5.95 Å². The molecule has 4 nitrogen and oxygen atoms in total. The van der Waals surface area contributed by atoms with E-state index in [2.05, 4.69) is 0 Å². The Balaban J connectivity index is 2.83. The largest absolute Gasteiger partial charge is 0.468 e. The van der Waals surface area contributed by atoms with Crippen LogP contribution in [0.4, 0.5) is 0 Å².